The van der Waals surface area contributed by atoms with Gasteiger partial charge < -0.3 is 14.5 Å². The van der Waals surface area contributed by atoms with Crippen LogP contribution >= 0.6 is 0 Å². The molecule has 144 valence electrons. The number of hydrogen-bond acceptors (Lipinski definition) is 5. The summed E-state index contributed by atoms with van der Waals surface area (Å²) in [5.41, 5.74) is 3.51. The number of para-hydroxylation sites is 1. The van der Waals surface area contributed by atoms with Gasteiger partial charge in [-0.25, -0.2) is 0 Å². The van der Waals surface area contributed by atoms with Gasteiger partial charge in [0, 0.05) is 16.8 Å². The van der Waals surface area contributed by atoms with Gasteiger partial charge in [0.2, 0.25) is 12.3 Å². The molecule has 0 aliphatic heterocycles. The van der Waals surface area contributed by atoms with E-state index in [-0.39, 0.29) is 5.91 Å². The molecule has 1 unspecified atom stereocenters. The van der Waals surface area contributed by atoms with Crippen molar-refractivity contribution in [2.45, 2.75) is 13.0 Å². The SMILES string of the molecule is CC(Oc1ccc(-c2nnco2)cc1)C(=O)Nc1ccccc1-c1ccccc1. The predicted molar refractivity (Wildman–Crippen MR) is 110 cm³/mol. The number of nitrogens with one attached hydrogen (secondary N) is 1. The van der Waals surface area contributed by atoms with Gasteiger partial charge >= 0.3 is 0 Å². The lowest BCUT2D eigenvalue weighted by Crippen LogP contribution is -2.30. The number of benzene rings is 3. The Morgan fingerprint density at radius 1 is 0.931 bits per heavy atom. The van der Waals surface area contributed by atoms with Crippen molar-refractivity contribution >= 4 is 11.6 Å². The highest BCUT2D eigenvalue weighted by atomic mass is 16.5. The standard InChI is InChI=1S/C23H19N3O3/c1-16(29-19-13-11-18(12-14-19)23-26-24-15-28-23)22(27)25-21-10-6-5-9-20(21)17-7-3-2-4-8-17/h2-16H,1H3,(H,25,27). The van der Waals surface area contributed by atoms with E-state index in [1.54, 1.807) is 31.2 Å². The Labute approximate surface area is 168 Å². The molecule has 6 heteroatoms. The van der Waals surface area contributed by atoms with Crippen LogP contribution in [0.25, 0.3) is 22.6 Å². The lowest BCUT2D eigenvalue weighted by molar-refractivity contribution is -0.122. The van der Waals surface area contributed by atoms with Crippen LogP contribution in [0.4, 0.5) is 5.69 Å². The largest absolute Gasteiger partial charge is 0.481 e. The van der Waals surface area contributed by atoms with Crippen molar-refractivity contribution in [1.82, 2.24) is 10.2 Å². The molecule has 0 spiro atoms. The number of ether oxygens (including phenoxy) is 1. The van der Waals surface area contributed by atoms with Gasteiger partial charge in [-0.3, -0.25) is 4.79 Å². The van der Waals surface area contributed by atoms with Crippen molar-refractivity contribution in [3.05, 3.63) is 85.3 Å². The number of amides is 1. The third-order valence-corrected chi connectivity index (χ3v) is 4.41. The number of hydrogen-bond donors (Lipinski definition) is 1. The van der Waals surface area contributed by atoms with E-state index in [0.29, 0.717) is 11.6 Å². The fraction of sp³-hybridized carbons (Fsp3) is 0.0870. The second-order valence-electron chi connectivity index (χ2n) is 6.43. The lowest BCUT2D eigenvalue weighted by Gasteiger charge is -2.17. The number of rotatable bonds is 6. The first kappa shape index (κ1) is 18.4. The Morgan fingerprint density at radius 3 is 2.38 bits per heavy atom. The van der Waals surface area contributed by atoms with Gasteiger partial charge in [0.1, 0.15) is 5.75 Å². The molecule has 1 N–H and O–H groups in total. The molecule has 0 bridgehead atoms. The fourth-order valence-electron chi connectivity index (χ4n) is 2.93. The highest BCUT2D eigenvalue weighted by molar-refractivity contribution is 5.98. The van der Waals surface area contributed by atoms with E-state index in [2.05, 4.69) is 15.5 Å². The molecule has 4 aromatic rings. The van der Waals surface area contributed by atoms with E-state index in [4.69, 9.17) is 9.15 Å². The summed E-state index contributed by atoms with van der Waals surface area (Å²) in [6.45, 7) is 1.71. The minimum absolute atomic E-state index is 0.227. The zero-order chi connectivity index (χ0) is 20.1. The molecule has 0 saturated carbocycles. The maximum absolute atomic E-state index is 12.7. The van der Waals surface area contributed by atoms with Crippen LogP contribution in [0.2, 0.25) is 0 Å². The van der Waals surface area contributed by atoms with Crippen LogP contribution in [0.3, 0.4) is 0 Å². The highest BCUT2D eigenvalue weighted by Crippen LogP contribution is 2.28. The molecule has 0 saturated heterocycles. The van der Waals surface area contributed by atoms with E-state index < -0.39 is 6.10 Å². The summed E-state index contributed by atoms with van der Waals surface area (Å²) in [6, 6.07) is 24.8. The van der Waals surface area contributed by atoms with Crippen molar-refractivity contribution < 1.29 is 13.9 Å². The molecular weight excluding hydrogens is 366 g/mol. The van der Waals surface area contributed by atoms with E-state index in [9.17, 15) is 4.79 Å². The van der Waals surface area contributed by atoms with Gasteiger partial charge in [-0.05, 0) is 42.8 Å². The van der Waals surface area contributed by atoms with Crippen molar-refractivity contribution in [3.8, 4) is 28.3 Å². The van der Waals surface area contributed by atoms with E-state index >= 15 is 0 Å². The van der Waals surface area contributed by atoms with Crippen molar-refractivity contribution in [2.75, 3.05) is 5.32 Å². The Balaban J connectivity index is 1.44. The predicted octanol–water partition coefficient (Wildman–Crippen LogP) is 4.81. The van der Waals surface area contributed by atoms with Crippen LogP contribution in [0, 0.1) is 0 Å². The maximum Gasteiger partial charge on any atom is 0.265 e. The van der Waals surface area contributed by atoms with E-state index in [1.807, 2.05) is 54.6 Å². The summed E-state index contributed by atoms with van der Waals surface area (Å²) in [5.74, 6) is 0.779. The summed E-state index contributed by atoms with van der Waals surface area (Å²) in [4.78, 5) is 12.7. The van der Waals surface area contributed by atoms with Gasteiger partial charge in [-0.2, -0.15) is 0 Å². The molecule has 3 aromatic carbocycles. The van der Waals surface area contributed by atoms with Gasteiger partial charge in [0.15, 0.2) is 6.10 Å². The zero-order valence-electron chi connectivity index (χ0n) is 15.8. The van der Waals surface area contributed by atoms with Crippen LogP contribution < -0.4 is 10.1 Å². The molecule has 0 aliphatic carbocycles. The third-order valence-electron chi connectivity index (χ3n) is 4.41. The quantitative estimate of drug-likeness (QED) is 0.515. The van der Waals surface area contributed by atoms with Crippen LogP contribution in [-0.4, -0.2) is 22.2 Å². The zero-order valence-corrected chi connectivity index (χ0v) is 15.8. The fourth-order valence-corrected chi connectivity index (χ4v) is 2.93. The van der Waals surface area contributed by atoms with E-state index in [0.717, 1.165) is 22.4 Å². The number of carbonyl (C=O) groups excluding carboxylic acids is 1. The van der Waals surface area contributed by atoms with Gasteiger partial charge in [0.05, 0.1) is 0 Å². The van der Waals surface area contributed by atoms with Crippen LogP contribution in [0.5, 0.6) is 5.75 Å². The third kappa shape index (κ3) is 4.32. The molecule has 29 heavy (non-hydrogen) atoms. The number of aromatic nitrogens is 2. The molecule has 1 amide bonds. The monoisotopic (exact) mass is 385 g/mol. The smallest absolute Gasteiger partial charge is 0.265 e. The van der Waals surface area contributed by atoms with Crippen LogP contribution in [0.15, 0.2) is 89.7 Å². The molecule has 0 radical (unpaired) electrons. The minimum Gasteiger partial charge on any atom is -0.481 e. The van der Waals surface area contributed by atoms with Crippen LogP contribution in [0.1, 0.15) is 6.92 Å². The molecule has 1 atom stereocenters. The molecule has 1 heterocycles. The molecular formula is C23H19N3O3. The maximum atomic E-state index is 12.7. The summed E-state index contributed by atoms with van der Waals surface area (Å²) < 4.78 is 11.0. The first-order valence-corrected chi connectivity index (χ1v) is 9.19. The first-order valence-electron chi connectivity index (χ1n) is 9.19. The molecule has 6 nitrogen and oxygen atoms in total. The summed E-state index contributed by atoms with van der Waals surface area (Å²) >= 11 is 0. The normalized spacial score (nSPS) is 11.6. The Kier molecular flexibility index (Phi) is 5.33. The molecule has 0 aliphatic rings. The minimum atomic E-state index is -0.673. The highest BCUT2D eigenvalue weighted by Gasteiger charge is 2.17. The average Bonchev–Trinajstić information content (AvgIpc) is 3.30. The molecule has 1 aromatic heterocycles. The summed E-state index contributed by atoms with van der Waals surface area (Å²) in [6.07, 6.45) is 0.604. The van der Waals surface area contributed by atoms with Gasteiger partial charge in [-0.1, -0.05) is 48.5 Å². The van der Waals surface area contributed by atoms with Crippen molar-refractivity contribution in [1.29, 1.82) is 0 Å². The number of nitrogens with zero attached hydrogens (tertiary/aromatic N) is 2. The number of carbonyl (C=O) groups is 1. The van der Waals surface area contributed by atoms with E-state index in [1.165, 1.54) is 6.39 Å². The summed E-state index contributed by atoms with van der Waals surface area (Å²) in [5, 5.41) is 10.5. The van der Waals surface area contributed by atoms with Gasteiger partial charge in [-0.15, -0.1) is 10.2 Å². The average molecular weight is 385 g/mol. The van der Waals surface area contributed by atoms with Crippen molar-refractivity contribution in [3.63, 3.8) is 0 Å². The molecule has 0 fully saturated rings. The lowest BCUT2D eigenvalue weighted by atomic mass is 10.0. The topological polar surface area (TPSA) is 77.2 Å². The Morgan fingerprint density at radius 2 is 1.66 bits per heavy atom. The van der Waals surface area contributed by atoms with Gasteiger partial charge in [0.25, 0.3) is 5.91 Å². The second kappa shape index (κ2) is 8.39. The van der Waals surface area contributed by atoms with Crippen LogP contribution in [-0.2, 0) is 4.79 Å². The van der Waals surface area contributed by atoms with Crippen molar-refractivity contribution in [2.24, 2.45) is 0 Å². The molecule has 4 rings (SSSR count). The Hall–Kier alpha value is -3.93. The summed E-state index contributed by atoms with van der Waals surface area (Å²) in [7, 11) is 0. The Bertz CT molecular complexity index is 1080. The number of anilines is 1. The first-order chi connectivity index (χ1) is 14.2. The second-order valence-corrected chi connectivity index (χ2v) is 6.43.